The Morgan fingerprint density at radius 3 is 2.79 bits per heavy atom. The minimum absolute atomic E-state index is 0.449. The number of halogens is 1. The largest absolute Gasteiger partial charge is 0.478 e. The molecule has 19 heavy (non-hydrogen) atoms. The van der Waals surface area contributed by atoms with E-state index in [0.29, 0.717) is 17.0 Å². The predicted molar refractivity (Wildman–Crippen MR) is 78.7 cm³/mol. The Hall–Kier alpha value is -1.48. The molecule has 2 unspecified atom stereocenters. The Kier molecular flexibility index (Phi) is 4.15. The summed E-state index contributed by atoms with van der Waals surface area (Å²) in [6, 6.07) is 6.02. The molecule has 0 bridgehead atoms. The van der Waals surface area contributed by atoms with Crippen LogP contribution >= 0.6 is 11.6 Å². The average molecular weight is 280 g/mol. The molecule has 0 aromatic heterocycles. The van der Waals surface area contributed by atoms with Gasteiger partial charge in [0.05, 0.1) is 0 Å². The van der Waals surface area contributed by atoms with Crippen molar-refractivity contribution in [1.82, 2.24) is 0 Å². The minimum Gasteiger partial charge on any atom is -0.478 e. The highest BCUT2D eigenvalue weighted by atomic mass is 35.5. The Morgan fingerprint density at radius 1 is 1.47 bits per heavy atom. The highest BCUT2D eigenvalue weighted by Crippen LogP contribution is 2.33. The molecule has 102 valence electrons. The van der Waals surface area contributed by atoms with E-state index in [9.17, 15) is 4.79 Å². The van der Waals surface area contributed by atoms with Crippen LogP contribution in [0.5, 0.6) is 0 Å². The van der Waals surface area contributed by atoms with Crippen molar-refractivity contribution in [3.8, 4) is 0 Å². The molecule has 1 N–H and O–H groups in total. The van der Waals surface area contributed by atoms with Crippen molar-refractivity contribution < 1.29 is 9.90 Å². The number of benzene rings is 1. The van der Waals surface area contributed by atoms with Gasteiger partial charge in [-0.05, 0) is 43.0 Å². The first-order valence-corrected chi connectivity index (χ1v) is 6.82. The second-order valence-corrected chi connectivity index (χ2v) is 5.65. The van der Waals surface area contributed by atoms with Crippen LogP contribution in [0.3, 0.4) is 0 Å². The molecule has 0 amide bonds. The first-order chi connectivity index (χ1) is 8.97. The van der Waals surface area contributed by atoms with Crippen molar-refractivity contribution in [3.05, 3.63) is 34.9 Å². The Labute approximate surface area is 118 Å². The van der Waals surface area contributed by atoms with Gasteiger partial charge in [-0.15, -0.1) is 0 Å². The molecule has 1 saturated heterocycles. The van der Waals surface area contributed by atoms with Crippen molar-refractivity contribution in [3.63, 3.8) is 0 Å². The number of carbonyl (C=O) groups is 1. The van der Waals surface area contributed by atoms with Gasteiger partial charge >= 0.3 is 5.97 Å². The maximum atomic E-state index is 10.7. The fourth-order valence-electron chi connectivity index (χ4n) is 2.70. The molecule has 0 spiro atoms. The molecule has 4 heteroatoms. The molecule has 1 aromatic carbocycles. The Balaban J connectivity index is 2.37. The van der Waals surface area contributed by atoms with Crippen LogP contribution in [0.1, 0.15) is 25.8 Å². The van der Waals surface area contributed by atoms with Gasteiger partial charge in [0.15, 0.2) is 0 Å². The number of anilines is 1. The third kappa shape index (κ3) is 3.29. The molecule has 0 radical (unpaired) electrons. The van der Waals surface area contributed by atoms with E-state index in [1.807, 2.05) is 12.1 Å². The SMILES string of the molecule is CC1CC(C)N(c2cc(Cl)ccc2/C=C/C(=O)O)C1. The highest BCUT2D eigenvalue weighted by Gasteiger charge is 2.27. The summed E-state index contributed by atoms with van der Waals surface area (Å²) < 4.78 is 0. The summed E-state index contributed by atoms with van der Waals surface area (Å²) in [5.74, 6) is -0.297. The zero-order valence-electron chi connectivity index (χ0n) is 11.1. The van der Waals surface area contributed by atoms with Gasteiger partial charge in [-0.1, -0.05) is 24.6 Å². The zero-order chi connectivity index (χ0) is 14.0. The van der Waals surface area contributed by atoms with E-state index < -0.39 is 5.97 Å². The predicted octanol–water partition coefficient (Wildman–Crippen LogP) is 3.67. The number of aliphatic carboxylic acids is 1. The molecular weight excluding hydrogens is 262 g/mol. The third-order valence-corrected chi connectivity index (χ3v) is 3.73. The summed E-state index contributed by atoms with van der Waals surface area (Å²) in [6.45, 7) is 5.40. The summed E-state index contributed by atoms with van der Waals surface area (Å²) in [4.78, 5) is 13.0. The lowest BCUT2D eigenvalue weighted by Crippen LogP contribution is -2.27. The van der Waals surface area contributed by atoms with Gasteiger partial charge in [0.1, 0.15) is 0 Å². The molecule has 1 fully saturated rings. The maximum absolute atomic E-state index is 10.7. The number of hydrogen-bond acceptors (Lipinski definition) is 2. The molecule has 2 rings (SSSR count). The number of nitrogens with zero attached hydrogens (tertiary/aromatic N) is 1. The van der Waals surface area contributed by atoms with Crippen LogP contribution in [0.4, 0.5) is 5.69 Å². The monoisotopic (exact) mass is 279 g/mol. The Morgan fingerprint density at radius 2 is 2.21 bits per heavy atom. The molecule has 3 nitrogen and oxygen atoms in total. The molecule has 1 aromatic rings. The lowest BCUT2D eigenvalue weighted by Gasteiger charge is -2.26. The zero-order valence-corrected chi connectivity index (χ0v) is 11.9. The van der Waals surface area contributed by atoms with Crippen LogP contribution in [-0.2, 0) is 4.79 Å². The normalized spacial score (nSPS) is 23.2. The van der Waals surface area contributed by atoms with Crippen LogP contribution in [0.15, 0.2) is 24.3 Å². The summed E-state index contributed by atoms with van der Waals surface area (Å²) in [5.41, 5.74) is 1.91. The lowest BCUT2D eigenvalue weighted by atomic mass is 10.1. The first-order valence-electron chi connectivity index (χ1n) is 6.44. The summed E-state index contributed by atoms with van der Waals surface area (Å²) >= 11 is 6.07. The van der Waals surface area contributed by atoms with Crippen molar-refractivity contribution in [1.29, 1.82) is 0 Å². The van der Waals surface area contributed by atoms with E-state index in [1.54, 1.807) is 12.1 Å². The van der Waals surface area contributed by atoms with Crippen LogP contribution < -0.4 is 4.90 Å². The van der Waals surface area contributed by atoms with Gasteiger partial charge in [0, 0.05) is 29.4 Å². The number of rotatable bonds is 3. The minimum atomic E-state index is -0.941. The summed E-state index contributed by atoms with van der Waals surface area (Å²) in [5, 5.41) is 9.43. The van der Waals surface area contributed by atoms with Crippen molar-refractivity contribution >= 4 is 29.3 Å². The average Bonchev–Trinajstić information content (AvgIpc) is 2.66. The fourth-order valence-corrected chi connectivity index (χ4v) is 2.87. The lowest BCUT2D eigenvalue weighted by molar-refractivity contribution is -0.131. The van der Waals surface area contributed by atoms with E-state index in [-0.39, 0.29) is 0 Å². The summed E-state index contributed by atoms with van der Waals surface area (Å²) in [6.07, 6.45) is 3.94. The number of carboxylic acid groups (broad SMARTS) is 1. The van der Waals surface area contributed by atoms with Gasteiger partial charge in [0.25, 0.3) is 0 Å². The van der Waals surface area contributed by atoms with Crippen molar-refractivity contribution in [2.45, 2.75) is 26.3 Å². The van der Waals surface area contributed by atoms with Crippen molar-refractivity contribution in [2.75, 3.05) is 11.4 Å². The molecular formula is C15H18ClNO2. The summed E-state index contributed by atoms with van der Waals surface area (Å²) in [7, 11) is 0. The molecule has 1 heterocycles. The second kappa shape index (κ2) is 5.66. The van der Waals surface area contributed by atoms with Gasteiger partial charge in [-0.3, -0.25) is 0 Å². The van der Waals surface area contributed by atoms with Gasteiger partial charge in [-0.2, -0.15) is 0 Å². The van der Waals surface area contributed by atoms with Gasteiger partial charge in [-0.25, -0.2) is 4.79 Å². The quantitative estimate of drug-likeness (QED) is 0.858. The fraction of sp³-hybridized carbons (Fsp3) is 0.400. The van der Waals surface area contributed by atoms with Gasteiger partial charge < -0.3 is 10.0 Å². The highest BCUT2D eigenvalue weighted by molar-refractivity contribution is 6.31. The van der Waals surface area contributed by atoms with E-state index in [2.05, 4.69) is 18.7 Å². The van der Waals surface area contributed by atoms with Gasteiger partial charge in [0.2, 0.25) is 0 Å². The van der Waals surface area contributed by atoms with Crippen LogP contribution in [0, 0.1) is 5.92 Å². The van der Waals surface area contributed by atoms with Crippen LogP contribution in [0.2, 0.25) is 5.02 Å². The standard InChI is InChI=1S/C15H18ClNO2/c1-10-7-11(2)17(9-10)14-8-13(16)5-3-12(14)4-6-15(18)19/h3-6,8,10-11H,7,9H2,1-2H3,(H,18,19)/b6-4+. The topological polar surface area (TPSA) is 40.5 Å². The van der Waals surface area contributed by atoms with E-state index in [0.717, 1.165) is 30.3 Å². The molecule has 1 aliphatic heterocycles. The maximum Gasteiger partial charge on any atom is 0.328 e. The number of hydrogen-bond donors (Lipinski definition) is 1. The smallest absolute Gasteiger partial charge is 0.328 e. The number of carboxylic acids is 1. The second-order valence-electron chi connectivity index (χ2n) is 5.22. The molecule has 2 atom stereocenters. The van der Waals surface area contributed by atoms with E-state index >= 15 is 0 Å². The molecule has 0 saturated carbocycles. The van der Waals surface area contributed by atoms with E-state index in [1.165, 1.54) is 0 Å². The third-order valence-electron chi connectivity index (χ3n) is 3.49. The molecule has 1 aliphatic rings. The van der Waals surface area contributed by atoms with Crippen molar-refractivity contribution in [2.24, 2.45) is 5.92 Å². The first kappa shape index (κ1) is 13.9. The molecule has 0 aliphatic carbocycles. The Bertz CT molecular complexity index is 513. The van der Waals surface area contributed by atoms with Crippen LogP contribution in [-0.4, -0.2) is 23.7 Å². The van der Waals surface area contributed by atoms with E-state index in [4.69, 9.17) is 16.7 Å². The van der Waals surface area contributed by atoms with Crippen LogP contribution in [0.25, 0.3) is 6.08 Å².